The number of aromatic nitrogens is 1. The molecule has 2 amide bonds. The molecule has 4 N–H and O–H groups in total. The minimum atomic E-state index is -0.913. The lowest BCUT2D eigenvalue weighted by Crippen LogP contribution is -2.35. The average Bonchev–Trinajstić information content (AvgIpc) is 3.21. The van der Waals surface area contributed by atoms with Gasteiger partial charge in [0.2, 0.25) is 5.91 Å². The number of hydrogen-bond donors (Lipinski definition) is 3. The van der Waals surface area contributed by atoms with Crippen LogP contribution in [0.3, 0.4) is 0 Å². The molecule has 4 rings (SSSR count). The molecule has 32 heavy (non-hydrogen) atoms. The first-order chi connectivity index (χ1) is 15.4. The molecule has 1 aromatic heterocycles. The van der Waals surface area contributed by atoms with Crippen LogP contribution < -0.4 is 11.1 Å². The molecule has 0 saturated carbocycles. The van der Waals surface area contributed by atoms with Crippen molar-refractivity contribution in [1.29, 1.82) is 0 Å². The van der Waals surface area contributed by atoms with Gasteiger partial charge in [0.05, 0.1) is 22.1 Å². The molecule has 0 bridgehead atoms. The van der Waals surface area contributed by atoms with Crippen LogP contribution in [0.2, 0.25) is 0 Å². The number of nitrogens with one attached hydrogen (secondary N) is 2. The highest BCUT2D eigenvalue weighted by molar-refractivity contribution is 7.82. The Labute approximate surface area is 190 Å². The molecule has 1 saturated heterocycles. The van der Waals surface area contributed by atoms with Crippen molar-refractivity contribution in [2.45, 2.75) is 32.6 Å². The maximum absolute atomic E-state index is 12.3. The molecular formula is C24H28N4O3S. The van der Waals surface area contributed by atoms with E-state index in [0.29, 0.717) is 22.9 Å². The van der Waals surface area contributed by atoms with Crippen molar-refractivity contribution in [3.05, 3.63) is 53.7 Å². The first kappa shape index (κ1) is 22.2. The number of fused-ring (bicyclic) bond motifs is 1. The molecule has 3 aromatic rings. The van der Waals surface area contributed by atoms with E-state index >= 15 is 0 Å². The number of H-pyrrole nitrogens is 1. The zero-order valence-corrected chi connectivity index (χ0v) is 19.1. The Morgan fingerprint density at radius 1 is 1.19 bits per heavy atom. The molecule has 2 heterocycles. The van der Waals surface area contributed by atoms with E-state index in [-0.39, 0.29) is 5.91 Å². The van der Waals surface area contributed by atoms with Gasteiger partial charge in [-0.1, -0.05) is 19.1 Å². The van der Waals surface area contributed by atoms with Gasteiger partial charge in [-0.05, 0) is 59.7 Å². The Morgan fingerprint density at radius 3 is 2.59 bits per heavy atom. The van der Waals surface area contributed by atoms with E-state index in [9.17, 15) is 13.8 Å². The van der Waals surface area contributed by atoms with Crippen LogP contribution in [0, 0.1) is 0 Å². The van der Waals surface area contributed by atoms with Gasteiger partial charge in [-0.2, -0.15) is 0 Å². The SMILES string of the molecule is CCS(=O)N1CCC(c2c[nH]c3c(C(N)=O)cc(-c4cccc(NC(C)=O)c4)cc23)CC1. The molecule has 1 unspecified atom stereocenters. The lowest BCUT2D eigenvalue weighted by molar-refractivity contribution is -0.114. The molecule has 1 aliphatic heterocycles. The Morgan fingerprint density at radius 2 is 1.94 bits per heavy atom. The van der Waals surface area contributed by atoms with Crippen LogP contribution in [0.25, 0.3) is 22.0 Å². The summed E-state index contributed by atoms with van der Waals surface area (Å²) < 4.78 is 14.2. The number of nitrogens with two attached hydrogens (primary N) is 1. The normalized spacial score (nSPS) is 16.2. The summed E-state index contributed by atoms with van der Waals surface area (Å²) in [6.45, 7) is 4.99. The second-order valence-electron chi connectivity index (χ2n) is 8.13. The van der Waals surface area contributed by atoms with Gasteiger partial charge < -0.3 is 16.0 Å². The van der Waals surface area contributed by atoms with E-state index in [0.717, 1.165) is 53.5 Å². The monoisotopic (exact) mass is 452 g/mol. The maximum atomic E-state index is 12.3. The van der Waals surface area contributed by atoms with Crippen molar-refractivity contribution in [2.75, 3.05) is 24.2 Å². The predicted octanol–water partition coefficient (Wildman–Crippen LogP) is 3.76. The third-order valence-electron chi connectivity index (χ3n) is 6.03. The third-order valence-corrected chi connectivity index (χ3v) is 7.47. The van der Waals surface area contributed by atoms with Gasteiger partial charge >= 0.3 is 0 Å². The molecule has 0 radical (unpaired) electrons. The van der Waals surface area contributed by atoms with Crippen LogP contribution in [0.1, 0.15) is 48.5 Å². The van der Waals surface area contributed by atoms with Crippen LogP contribution in [0.15, 0.2) is 42.6 Å². The van der Waals surface area contributed by atoms with Crippen LogP contribution in [0.4, 0.5) is 5.69 Å². The zero-order valence-electron chi connectivity index (χ0n) is 18.3. The quantitative estimate of drug-likeness (QED) is 0.530. The van der Waals surface area contributed by atoms with Crippen LogP contribution in [0.5, 0.6) is 0 Å². The van der Waals surface area contributed by atoms with Crippen molar-refractivity contribution in [2.24, 2.45) is 5.73 Å². The average molecular weight is 453 g/mol. The molecule has 8 heteroatoms. The van der Waals surface area contributed by atoms with E-state index in [1.54, 1.807) is 6.07 Å². The summed E-state index contributed by atoms with van der Waals surface area (Å²) in [6.07, 6.45) is 3.80. The highest BCUT2D eigenvalue weighted by atomic mass is 32.2. The van der Waals surface area contributed by atoms with Crippen molar-refractivity contribution < 1.29 is 13.8 Å². The highest BCUT2D eigenvalue weighted by Gasteiger charge is 2.26. The fraction of sp³-hybridized carbons (Fsp3) is 0.333. The van der Waals surface area contributed by atoms with Crippen molar-refractivity contribution in [1.82, 2.24) is 9.29 Å². The number of rotatable bonds is 6. The smallest absolute Gasteiger partial charge is 0.250 e. The highest BCUT2D eigenvalue weighted by Crippen LogP contribution is 2.37. The lowest BCUT2D eigenvalue weighted by atomic mass is 9.88. The first-order valence-electron chi connectivity index (χ1n) is 10.8. The topological polar surface area (TPSA) is 108 Å². The fourth-order valence-corrected chi connectivity index (χ4v) is 5.47. The summed E-state index contributed by atoms with van der Waals surface area (Å²) in [5.41, 5.74) is 10.5. The number of carbonyl (C=O) groups excluding carboxylic acids is 2. The standard InChI is InChI=1S/C24H28N4O3S/c1-3-32(31)28-9-7-16(8-10-28)22-14-26-23-20(22)12-18(13-21(23)24(25)30)17-5-4-6-19(11-17)27-15(2)29/h4-6,11-14,16,26H,3,7-10H2,1-2H3,(H2,25,30)(H,27,29). The molecule has 2 aromatic carbocycles. The number of anilines is 1. The van der Waals surface area contributed by atoms with Crippen LogP contribution in [-0.4, -0.2) is 44.2 Å². The molecule has 1 fully saturated rings. The number of nitrogens with zero attached hydrogens (tertiary/aromatic N) is 1. The van der Waals surface area contributed by atoms with Gasteiger partial charge in [0, 0.05) is 43.0 Å². The Bertz CT molecular complexity index is 1200. The van der Waals surface area contributed by atoms with Gasteiger partial charge in [0.15, 0.2) is 0 Å². The summed E-state index contributed by atoms with van der Waals surface area (Å²) in [4.78, 5) is 27.0. The Hall–Kier alpha value is -2.97. The van der Waals surface area contributed by atoms with E-state index in [4.69, 9.17) is 5.73 Å². The summed E-state index contributed by atoms with van der Waals surface area (Å²) >= 11 is 0. The molecule has 1 aliphatic rings. The molecular weight excluding hydrogens is 424 g/mol. The zero-order chi connectivity index (χ0) is 22.8. The predicted molar refractivity (Wildman–Crippen MR) is 129 cm³/mol. The number of piperidine rings is 1. The summed E-state index contributed by atoms with van der Waals surface area (Å²) in [6, 6.07) is 11.4. The summed E-state index contributed by atoms with van der Waals surface area (Å²) in [5, 5.41) is 3.78. The maximum Gasteiger partial charge on any atom is 0.250 e. The fourth-order valence-electron chi connectivity index (χ4n) is 4.48. The van der Waals surface area contributed by atoms with Crippen LogP contribution in [-0.2, 0) is 15.8 Å². The summed E-state index contributed by atoms with van der Waals surface area (Å²) in [5.74, 6) is 0.325. The number of primary amides is 1. The molecule has 0 aliphatic carbocycles. The van der Waals surface area contributed by atoms with Gasteiger partial charge in [-0.25, -0.2) is 8.51 Å². The van der Waals surface area contributed by atoms with E-state index in [2.05, 4.69) is 16.4 Å². The van der Waals surface area contributed by atoms with Gasteiger partial charge in [-0.15, -0.1) is 0 Å². The molecule has 7 nitrogen and oxygen atoms in total. The van der Waals surface area contributed by atoms with Crippen molar-refractivity contribution in [3.63, 3.8) is 0 Å². The largest absolute Gasteiger partial charge is 0.366 e. The number of aromatic amines is 1. The van der Waals surface area contributed by atoms with Crippen molar-refractivity contribution >= 4 is 39.4 Å². The van der Waals surface area contributed by atoms with E-state index in [1.807, 2.05) is 41.7 Å². The molecule has 0 spiro atoms. The van der Waals surface area contributed by atoms with Gasteiger partial charge in [-0.3, -0.25) is 9.59 Å². The van der Waals surface area contributed by atoms with E-state index in [1.165, 1.54) is 6.92 Å². The number of amides is 2. The van der Waals surface area contributed by atoms with Gasteiger partial charge in [0.25, 0.3) is 5.91 Å². The van der Waals surface area contributed by atoms with Crippen LogP contribution >= 0.6 is 0 Å². The molecule has 1 atom stereocenters. The molecule has 168 valence electrons. The first-order valence-corrected chi connectivity index (χ1v) is 12.1. The third kappa shape index (κ3) is 4.47. The van der Waals surface area contributed by atoms with Crippen molar-refractivity contribution in [3.8, 4) is 11.1 Å². The number of benzene rings is 2. The van der Waals surface area contributed by atoms with E-state index < -0.39 is 16.9 Å². The number of hydrogen-bond acceptors (Lipinski definition) is 3. The Kier molecular flexibility index (Phi) is 6.43. The second kappa shape index (κ2) is 9.26. The number of carbonyl (C=O) groups is 2. The minimum Gasteiger partial charge on any atom is -0.366 e. The second-order valence-corrected chi connectivity index (χ2v) is 9.87. The minimum absolute atomic E-state index is 0.140. The summed E-state index contributed by atoms with van der Waals surface area (Å²) in [7, 11) is -0.913. The Balaban J connectivity index is 1.73. The lowest BCUT2D eigenvalue weighted by Gasteiger charge is -2.30. The van der Waals surface area contributed by atoms with Gasteiger partial charge in [0.1, 0.15) is 0 Å².